The average Bonchev–Trinajstić information content (AvgIpc) is 3.43. The van der Waals surface area contributed by atoms with E-state index in [2.05, 4.69) is 20.1 Å². The number of ether oxygens (including phenoxy) is 2. The van der Waals surface area contributed by atoms with Crippen molar-refractivity contribution < 1.29 is 19.7 Å². The zero-order valence-electron chi connectivity index (χ0n) is 16.7. The highest BCUT2D eigenvalue weighted by molar-refractivity contribution is 8.00. The summed E-state index contributed by atoms with van der Waals surface area (Å²) in [4.78, 5) is 8.33. The van der Waals surface area contributed by atoms with E-state index in [1.54, 1.807) is 29.8 Å². The van der Waals surface area contributed by atoms with Crippen LogP contribution in [0, 0.1) is 6.57 Å². The fourth-order valence-corrected chi connectivity index (χ4v) is 5.53. The Balaban J connectivity index is 1.68. The van der Waals surface area contributed by atoms with Gasteiger partial charge >= 0.3 is 0 Å². The predicted molar refractivity (Wildman–Crippen MR) is 121 cm³/mol. The van der Waals surface area contributed by atoms with Gasteiger partial charge in [-0.15, -0.1) is 28.2 Å². The van der Waals surface area contributed by atoms with Gasteiger partial charge in [0.25, 0.3) is 0 Å². The lowest BCUT2D eigenvalue weighted by Gasteiger charge is -2.43. The van der Waals surface area contributed by atoms with Crippen LogP contribution in [0.1, 0.15) is 6.04 Å². The van der Waals surface area contributed by atoms with Gasteiger partial charge in [-0.3, -0.25) is 0 Å². The number of aliphatic hydroxyl groups excluding tert-OH is 2. The molecule has 3 heterocycles. The number of aliphatic hydroxyl groups is 2. The van der Waals surface area contributed by atoms with Gasteiger partial charge in [0.1, 0.15) is 41.2 Å². The molecule has 13 heteroatoms. The SMILES string of the molecule is [C-]#[N+]c1ccc(Cl)cc1S[C@H]1OC(CO)[C@H](O)[C@H](n2cc(-c3csc(N)n3)nn2)C1OC. The molecule has 32 heavy (non-hydrogen) atoms. The molecule has 0 spiro atoms. The number of benzene rings is 1. The lowest BCUT2D eigenvalue weighted by Crippen LogP contribution is -2.55. The third-order valence-electron chi connectivity index (χ3n) is 4.98. The molecule has 2 unspecified atom stereocenters. The van der Waals surface area contributed by atoms with Crippen molar-refractivity contribution in [2.24, 2.45) is 0 Å². The van der Waals surface area contributed by atoms with Gasteiger partial charge in [-0.05, 0) is 6.07 Å². The Morgan fingerprint density at radius 3 is 2.91 bits per heavy atom. The number of rotatable bonds is 6. The second-order valence-electron chi connectivity index (χ2n) is 6.90. The molecule has 168 valence electrons. The molecule has 5 atom stereocenters. The monoisotopic (exact) mass is 494 g/mol. The van der Waals surface area contributed by atoms with Crippen molar-refractivity contribution in [2.75, 3.05) is 19.5 Å². The molecule has 0 saturated carbocycles. The van der Waals surface area contributed by atoms with Gasteiger partial charge in [-0.25, -0.2) is 14.5 Å². The van der Waals surface area contributed by atoms with Gasteiger partial charge in [0, 0.05) is 22.4 Å². The van der Waals surface area contributed by atoms with Crippen molar-refractivity contribution in [2.45, 2.75) is 34.7 Å². The fourth-order valence-electron chi connectivity index (χ4n) is 3.45. The summed E-state index contributed by atoms with van der Waals surface area (Å²) in [6.45, 7) is 7.00. The zero-order chi connectivity index (χ0) is 22.8. The maximum atomic E-state index is 10.9. The van der Waals surface area contributed by atoms with E-state index in [1.807, 2.05) is 0 Å². The minimum atomic E-state index is -1.13. The van der Waals surface area contributed by atoms with Gasteiger partial charge in [0.15, 0.2) is 5.13 Å². The Bertz CT molecular complexity index is 1140. The lowest BCUT2D eigenvalue weighted by atomic mass is 9.97. The van der Waals surface area contributed by atoms with Gasteiger partial charge in [0.2, 0.25) is 5.69 Å². The molecule has 3 aromatic rings. The van der Waals surface area contributed by atoms with Crippen LogP contribution in [-0.4, -0.2) is 67.7 Å². The third-order valence-corrected chi connectivity index (χ3v) is 7.08. The number of nitrogens with zero attached hydrogens (tertiary/aromatic N) is 5. The van der Waals surface area contributed by atoms with Crippen molar-refractivity contribution in [3.05, 3.63) is 46.2 Å². The fraction of sp³-hybridized carbons (Fsp3) is 0.368. The molecule has 0 bridgehead atoms. The van der Waals surface area contributed by atoms with E-state index in [0.29, 0.717) is 32.1 Å². The predicted octanol–water partition coefficient (Wildman–Crippen LogP) is 2.61. The van der Waals surface area contributed by atoms with Gasteiger partial charge in [-0.1, -0.05) is 28.9 Å². The molecule has 1 saturated heterocycles. The molecule has 4 rings (SSSR count). The summed E-state index contributed by atoms with van der Waals surface area (Å²) in [6.07, 6.45) is -1.08. The number of anilines is 1. The standard InChI is InChI=1S/C19H19ClN6O4S2/c1-22-10-4-3-9(20)5-14(10)32-18-17(29-2)15(16(28)13(7-27)30-18)26-6-11(24-25-26)12-8-31-19(21)23-12/h3-6,8,13,15-18,27-28H,7H2,2H3,(H2,21,23)/t13?,15-,16-,17?,18+/m0/s1. The minimum Gasteiger partial charge on any atom is -0.394 e. The topological polar surface area (TPSA) is 133 Å². The quantitative estimate of drug-likeness (QED) is 0.442. The number of aromatic nitrogens is 4. The van der Waals surface area contributed by atoms with Crippen molar-refractivity contribution in [1.29, 1.82) is 0 Å². The van der Waals surface area contributed by atoms with Gasteiger partial charge in [-0.2, -0.15) is 0 Å². The molecule has 0 aliphatic carbocycles. The number of nitrogen functional groups attached to an aromatic ring is 1. The maximum Gasteiger partial charge on any atom is 0.200 e. The number of halogens is 1. The summed E-state index contributed by atoms with van der Waals surface area (Å²) in [7, 11) is 1.49. The van der Waals surface area contributed by atoms with E-state index in [9.17, 15) is 10.2 Å². The molecule has 0 amide bonds. The van der Waals surface area contributed by atoms with E-state index in [0.717, 1.165) is 0 Å². The Labute approximate surface area is 196 Å². The first-order valence-corrected chi connectivity index (χ1v) is 11.5. The molecular formula is C19H19ClN6O4S2. The van der Waals surface area contributed by atoms with Crippen LogP contribution in [0.4, 0.5) is 10.8 Å². The first kappa shape index (κ1) is 22.9. The van der Waals surface area contributed by atoms with Crippen LogP contribution in [0.2, 0.25) is 5.02 Å². The number of thiazole rings is 1. The molecule has 2 aromatic heterocycles. The van der Waals surface area contributed by atoms with E-state index < -0.39 is 36.4 Å². The highest BCUT2D eigenvalue weighted by atomic mass is 35.5. The van der Waals surface area contributed by atoms with Crippen molar-refractivity contribution in [1.82, 2.24) is 20.0 Å². The summed E-state index contributed by atoms with van der Waals surface area (Å²) >= 11 is 8.64. The molecular weight excluding hydrogens is 476 g/mol. The highest BCUT2D eigenvalue weighted by Gasteiger charge is 2.47. The lowest BCUT2D eigenvalue weighted by molar-refractivity contribution is -0.186. The first-order valence-electron chi connectivity index (χ1n) is 9.39. The Kier molecular flexibility index (Phi) is 6.96. The molecule has 1 aromatic carbocycles. The Morgan fingerprint density at radius 1 is 1.44 bits per heavy atom. The summed E-state index contributed by atoms with van der Waals surface area (Å²) < 4.78 is 13.1. The second kappa shape index (κ2) is 9.72. The van der Waals surface area contributed by atoms with E-state index in [4.69, 9.17) is 33.4 Å². The van der Waals surface area contributed by atoms with E-state index in [1.165, 1.54) is 34.9 Å². The molecule has 0 radical (unpaired) electrons. The molecule has 1 aliphatic rings. The van der Waals surface area contributed by atoms with Gasteiger partial charge in [0.05, 0.1) is 19.4 Å². The van der Waals surface area contributed by atoms with Crippen LogP contribution in [0.3, 0.4) is 0 Å². The first-order chi connectivity index (χ1) is 15.4. The largest absolute Gasteiger partial charge is 0.394 e. The number of hydrogen-bond acceptors (Lipinski definition) is 10. The normalized spacial score (nSPS) is 25.5. The van der Waals surface area contributed by atoms with Crippen LogP contribution < -0.4 is 5.73 Å². The summed E-state index contributed by atoms with van der Waals surface area (Å²) in [5, 5.41) is 31.7. The van der Waals surface area contributed by atoms with Gasteiger partial charge < -0.3 is 25.4 Å². The summed E-state index contributed by atoms with van der Waals surface area (Å²) in [5.74, 6) is 0. The number of thioether (sulfide) groups is 1. The number of hydrogen-bond donors (Lipinski definition) is 3. The van der Waals surface area contributed by atoms with Crippen molar-refractivity contribution in [3.8, 4) is 11.4 Å². The number of nitrogens with two attached hydrogens (primary N) is 1. The van der Waals surface area contributed by atoms with Crippen LogP contribution in [-0.2, 0) is 9.47 Å². The minimum absolute atomic E-state index is 0.407. The molecule has 4 N–H and O–H groups in total. The summed E-state index contributed by atoms with van der Waals surface area (Å²) in [6, 6.07) is 4.21. The van der Waals surface area contributed by atoms with Crippen molar-refractivity contribution in [3.63, 3.8) is 0 Å². The molecule has 1 aliphatic heterocycles. The second-order valence-corrected chi connectivity index (χ2v) is 9.37. The third kappa shape index (κ3) is 4.46. The van der Waals surface area contributed by atoms with Crippen LogP contribution in [0.5, 0.6) is 0 Å². The zero-order valence-corrected chi connectivity index (χ0v) is 19.1. The van der Waals surface area contributed by atoms with Crippen LogP contribution in [0.15, 0.2) is 34.7 Å². The van der Waals surface area contributed by atoms with E-state index in [-0.39, 0.29) is 0 Å². The average molecular weight is 495 g/mol. The summed E-state index contributed by atoms with van der Waals surface area (Å²) in [5.41, 5.74) is 6.50. The highest BCUT2D eigenvalue weighted by Crippen LogP contribution is 2.43. The van der Waals surface area contributed by atoms with Crippen molar-refractivity contribution >= 4 is 45.5 Å². The van der Waals surface area contributed by atoms with E-state index >= 15 is 0 Å². The van der Waals surface area contributed by atoms with Crippen LogP contribution in [0.25, 0.3) is 16.2 Å². The molecule has 1 fully saturated rings. The Hall–Kier alpha value is -2.24. The Morgan fingerprint density at radius 2 is 2.25 bits per heavy atom. The number of methoxy groups -OCH3 is 1. The smallest absolute Gasteiger partial charge is 0.200 e. The molecule has 10 nitrogen and oxygen atoms in total. The maximum absolute atomic E-state index is 10.9. The van der Waals surface area contributed by atoms with Crippen LogP contribution >= 0.6 is 34.7 Å².